The van der Waals surface area contributed by atoms with Crippen LogP contribution in [0.25, 0.3) is 0 Å². The molecule has 1 atom stereocenters. The van der Waals surface area contributed by atoms with Gasteiger partial charge >= 0.3 is 0 Å². The fourth-order valence-corrected chi connectivity index (χ4v) is 1.86. The number of carbonyl (C=O) groups is 1. The average molecular weight is 189 g/mol. The highest BCUT2D eigenvalue weighted by Crippen LogP contribution is 2.32. The Balaban J connectivity index is 2.07. The number of nitrogens with zero attached hydrogens (tertiary/aromatic N) is 1. The van der Waals surface area contributed by atoms with Gasteiger partial charge in [0.15, 0.2) is 0 Å². The van der Waals surface area contributed by atoms with E-state index in [1.807, 2.05) is 19.1 Å². The third-order valence-corrected chi connectivity index (χ3v) is 3.14. The Bertz CT molecular complexity index is 316. The predicted molar refractivity (Wildman–Crippen MR) is 55.0 cm³/mol. The Morgan fingerprint density at radius 1 is 1.43 bits per heavy atom. The SMILES string of the molecule is CC(C(=O)C1CCC1)c1ccncc1. The van der Waals surface area contributed by atoms with Crippen molar-refractivity contribution in [2.24, 2.45) is 5.92 Å². The molecule has 1 aromatic heterocycles. The molecule has 74 valence electrons. The van der Waals surface area contributed by atoms with Gasteiger partial charge in [0.25, 0.3) is 0 Å². The summed E-state index contributed by atoms with van der Waals surface area (Å²) in [7, 11) is 0. The first-order valence-electron chi connectivity index (χ1n) is 5.22. The van der Waals surface area contributed by atoms with Crippen LogP contribution in [0.5, 0.6) is 0 Å². The molecule has 1 heterocycles. The molecule has 1 unspecified atom stereocenters. The Morgan fingerprint density at radius 3 is 2.57 bits per heavy atom. The van der Waals surface area contributed by atoms with Crippen LogP contribution in [0.3, 0.4) is 0 Å². The van der Waals surface area contributed by atoms with Gasteiger partial charge in [0.1, 0.15) is 5.78 Å². The summed E-state index contributed by atoms with van der Waals surface area (Å²) >= 11 is 0. The second-order valence-corrected chi connectivity index (χ2v) is 4.03. The van der Waals surface area contributed by atoms with Gasteiger partial charge < -0.3 is 0 Å². The van der Waals surface area contributed by atoms with Crippen molar-refractivity contribution in [1.29, 1.82) is 0 Å². The highest BCUT2D eigenvalue weighted by Gasteiger charge is 2.29. The highest BCUT2D eigenvalue weighted by atomic mass is 16.1. The molecular formula is C12H15NO. The molecule has 1 aliphatic carbocycles. The first kappa shape index (κ1) is 9.38. The molecule has 1 fully saturated rings. The molecule has 0 saturated heterocycles. The van der Waals surface area contributed by atoms with Crippen LogP contribution in [0.4, 0.5) is 0 Å². The standard InChI is InChI=1S/C12H15NO/c1-9(10-5-7-13-8-6-10)12(14)11-3-2-4-11/h5-9,11H,2-4H2,1H3. The van der Waals surface area contributed by atoms with Gasteiger partial charge in [-0.3, -0.25) is 9.78 Å². The van der Waals surface area contributed by atoms with E-state index in [0.29, 0.717) is 11.7 Å². The van der Waals surface area contributed by atoms with E-state index < -0.39 is 0 Å². The third kappa shape index (κ3) is 1.69. The Morgan fingerprint density at radius 2 is 2.07 bits per heavy atom. The number of hydrogen-bond donors (Lipinski definition) is 0. The van der Waals surface area contributed by atoms with E-state index in [1.54, 1.807) is 12.4 Å². The smallest absolute Gasteiger partial charge is 0.143 e. The monoisotopic (exact) mass is 189 g/mol. The van der Waals surface area contributed by atoms with Crippen LogP contribution >= 0.6 is 0 Å². The van der Waals surface area contributed by atoms with Crippen molar-refractivity contribution in [2.45, 2.75) is 32.1 Å². The van der Waals surface area contributed by atoms with Crippen molar-refractivity contribution in [3.63, 3.8) is 0 Å². The number of Topliss-reactive ketones (excluding diaryl/α,β-unsaturated/α-hetero) is 1. The number of ketones is 1. The van der Waals surface area contributed by atoms with Gasteiger partial charge in [-0.2, -0.15) is 0 Å². The average Bonchev–Trinajstić information content (AvgIpc) is 2.15. The van der Waals surface area contributed by atoms with Crippen LogP contribution in [0, 0.1) is 5.92 Å². The molecule has 0 bridgehead atoms. The highest BCUT2D eigenvalue weighted by molar-refractivity contribution is 5.88. The molecule has 0 spiro atoms. The molecule has 2 heteroatoms. The zero-order chi connectivity index (χ0) is 9.97. The molecule has 0 amide bonds. The van der Waals surface area contributed by atoms with Crippen molar-refractivity contribution in [1.82, 2.24) is 4.98 Å². The van der Waals surface area contributed by atoms with Crippen LogP contribution in [0.1, 0.15) is 37.7 Å². The maximum absolute atomic E-state index is 11.9. The lowest BCUT2D eigenvalue weighted by Gasteiger charge is -2.26. The fraction of sp³-hybridized carbons (Fsp3) is 0.500. The number of carbonyl (C=O) groups excluding carboxylic acids is 1. The number of aromatic nitrogens is 1. The van der Waals surface area contributed by atoms with Gasteiger partial charge in [-0.15, -0.1) is 0 Å². The van der Waals surface area contributed by atoms with Crippen molar-refractivity contribution >= 4 is 5.78 Å². The lowest BCUT2D eigenvalue weighted by atomic mass is 9.77. The van der Waals surface area contributed by atoms with Crippen molar-refractivity contribution in [3.8, 4) is 0 Å². The maximum Gasteiger partial charge on any atom is 0.143 e. The van der Waals surface area contributed by atoms with E-state index in [9.17, 15) is 4.79 Å². The first-order chi connectivity index (χ1) is 6.79. The van der Waals surface area contributed by atoms with Crippen LogP contribution in [0.2, 0.25) is 0 Å². The Labute approximate surface area is 84.4 Å². The normalized spacial score (nSPS) is 18.6. The molecule has 0 aliphatic heterocycles. The van der Waals surface area contributed by atoms with Crippen LogP contribution < -0.4 is 0 Å². The Hall–Kier alpha value is -1.18. The van der Waals surface area contributed by atoms with E-state index in [4.69, 9.17) is 0 Å². The number of hydrogen-bond acceptors (Lipinski definition) is 2. The second-order valence-electron chi connectivity index (χ2n) is 4.03. The van der Waals surface area contributed by atoms with E-state index in [1.165, 1.54) is 6.42 Å². The van der Waals surface area contributed by atoms with Crippen molar-refractivity contribution in [3.05, 3.63) is 30.1 Å². The summed E-state index contributed by atoms with van der Waals surface area (Å²) in [6, 6.07) is 3.86. The number of rotatable bonds is 3. The molecule has 1 aliphatic rings. The molecule has 2 rings (SSSR count). The zero-order valence-corrected chi connectivity index (χ0v) is 8.44. The van der Waals surface area contributed by atoms with Gasteiger partial charge in [-0.1, -0.05) is 13.3 Å². The number of pyridine rings is 1. The van der Waals surface area contributed by atoms with Gasteiger partial charge in [-0.05, 0) is 30.5 Å². The minimum Gasteiger partial charge on any atom is -0.299 e. The summed E-state index contributed by atoms with van der Waals surface area (Å²) in [6.45, 7) is 2.00. The van der Waals surface area contributed by atoms with Crippen LogP contribution in [-0.2, 0) is 4.79 Å². The molecule has 2 nitrogen and oxygen atoms in total. The van der Waals surface area contributed by atoms with Crippen molar-refractivity contribution in [2.75, 3.05) is 0 Å². The molecule has 0 N–H and O–H groups in total. The van der Waals surface area contributed by atoms with Crippen LogP contribution in [0.15, 0.2) is 24.5 Å². The summed E-state index contributed by atoms with van der Waals surface area (Å²) in [5.74, 6) is 0.781. The van der Waals surface area contributed by atoms with E-state index in [0.717, 1.165) is 18.4 Å². The first-order valence-corrected chi connectivity index (χ1v) is 5.22. The molecule has 0 radical (unpaired) electrons. The fourth-order valence-electron chi connectivity index (χ4n) is 1.86. The lowest BCUT2D eigenvalue weighted by molar-refractivity contribution is -0.126. The lowest BCUT2D eigenvalue weighted by Crippen LogP contribution is -2.26. The zero-order valence-electron chi connectivity index (χ0n) is 8.44. The van der Waals surface area contributed by atoms with Gasteiger partial charge in [0.2, 0.25) is 0 Å². The van der Waals surface area contributed by atoms with Gasteiger partial charge in [0, 0.05) is 24.2 Å². The summed E-state index contributed by atoms with van der Waals surface area (Å²) in [6.07, 6.45) is 6.90. The van der Waals surface area contributed by atoms with Gasteiger partial charge in [-0.25, -0.2) is 0 Å². The largest absolute Gasteiger partial charge is 0.299 e. The Kier molecular flexibility index (Phi) is 2.62. The predicted octanol–water partition coefficient (Wildman–Crippen LogP) is 2.55. The topological polar surface area (TPSA) is 30.0 Å². The molecular weight excluding hydrogens is 174 g/mol. The molecule has 0 aromatic carbocycles. The third-order valence-electron chi connectivity index (χ3n) is 3.14. The quantitative estimate of drug-likeness (QED) is 0.731. The minimum absolute atomic E-state index is 0.0447. The summed E-state index contributed by atoms with van der Waals surface area (Å²) < 4.78 is 0. The maximum atomic E-state index is 11.9. The van der Waals surface area contributed by atoms with Gasteiger partial charge in [0.05, 0.1) is 0 Å². The van der Waals surface area contributed by atoms with E-state index in [-0.39, 0.29) is 5.92 Å². The van der Waals surface area contributed by atoms with Crippen LogP contribution in [-0.4, -0.2) is 10.8 Å². The molecule has 14 heavy (non-hydrogen) atoms. The van der Waals surface area contributed by atoms with E-state index in [2.05, 4.69) is 4.98 Å². The summed E-state index contributed by atoms with van der Waals surface area (Å²) in [4.78, 5) is 15.9. The summed E-state index contributed by atoms with van der Waals surface area (Å²) in [5, 5.41) is 0. The van der Waals surface area contributed by atoms with E-state index >= 15 is 0 Å². The second kappa shape index (κ2) is 3.91. The molecule has 1 aromatic rings. The minimum atomic E-state index is 0.0447. The van der Waals surface area contributed by atoms with Crippen molar-refractivity contribution < 1.29 is 4.79 Å². The summed E-state index contributed by atoms with van der Waals surface area (Å²) in [5.41, 5.74) is 1.09. The molecule has 1 saturated carbocycles.